The molecular weight excluding hydrogens is 428 g/mol. The minimum Gasteiger partial charge on any atom is -0.480 e. The van der Waals surface area contributed by atoms with Gasteiger partial charge in [0.2, 0.25) is 29.4 Å². The van der Waals surface area contributed by atoms with E-state index >= 15 is 0 Å². The van der Waals surface area contributed by atoms with Crippen LogP contribution < -0.4 is 21.3 Å². The number of carbonyl (C=O) groups is 7. The van der Waals surface area contributed by atoms with Crippen molar-refractivity contribution in [2.24, 2.45) is 0 Å². The van der Waals surface area contributed by atoms with E-state index in [0.29, 0.717) is 0 Å². The van der Waals surface area contributed by atoms with Crippen molar-refractivity contribution in [2.45, 2.75) is 25.9 Å². The summed E-state index contributed by atoms with van der Waals surface area (Å²) in [5.41, 5.74) is 0. The van der Waals surface area contributed by atoms with Gasteiger partial charge in [0.25, 0.3) is 0 Å². The molecule has 162 valence electrons. The lowest BCUT2D eigenvalue weighted by Gasteiger charge is -2.18. The highest BCUT2D eigenvalue weighted by atomic mass is 33.1. The molecule has 5 N–H and O–H groups in total. The summed E-state index contributed by atoms with van der Waals surface area (Å²) in [4.78, 5) is 78.2. The molecule has 0 aliphatic heterocycles. The average Bonchev–Trinajstić information content (AvgIpc) is 2.64. The van der Waals surface area contributed by atoms with E-state index in [9.17, 15) is 33.6 Å². The Balaban J connectivity index is 4.67. The Labute approximate surface area is 174 Å². The fraction of sp³-hybridized carbons (Fsp3) is 0.533. The van der Waals surface area contributed by atoms with Gasteiger partial charge in [-0.25, -0.2) is 0 Å². The highest BCUT2D eigenvalue weighted by Crippen LogP contribution is 2.23. The van der Waals surface area contributed by atoms with Gasteiger partial charge in [0.05, 0.1) is 6.54 Å². The maximum atomic E-state index is 12.0. The summed E-state index contributed by atoms with van der Waals surface area (Å²) >= 11 is 0. The van der Waals surface area contributed by atoms with Crippen LogP contribution in [-0.2, 0) is 33.6 Å². The first-order valence-corrected chi connectivity index (χ1v) is 10.6. The standard InChI is InChI=1S/C15H22N4O8S2/c1-8(21)18-11(14(26)16-3-10(23)5-20)6-28-29-7-12(19-9(2)22)15(27)17-4-13(24)25/h5,11-12H,3-4,6-7H2,1-2H3,(H,16,26)(H,17,27)(H,18,21)(H,19,22)(H,24,25)/t11-,12-/m0/s1. The van der Waals surface area contributed by atoms with E-state index in [1.165, 1.54) is 13.8 Å². The first-order chi connectivity index (χ1) is 13.6. The molecule has 14 heteroatoms. The Morgan fingerprint density at radius 2 is 1.24 bits per heavy atom. The van der Waals surface area contributed by atoms with Crippen LogP contribution in [0.3, 0.4) is 0 Å². The number of aliphatic carboxylic acids is 1. The summed E-state index contributed by atoms with van der Waals surface area (Å²) in [7, 11) is 2.21. The summed E-state index contributed by atoms with van der Waals surface area (Å²) in [5.74, 6) is -4.25. The summed E-state index contributed by atoms with van der Waals surface area (Å²) in [6, 6.07) is -1.99. The third-order valence-corrected chi connectivity index (χ3v) is 5.34. The van der Waals surface area contributed by atoms with Crippen molar-refractivity contribution in [1.29, 1.82) is 0 Å². The maximum Gasteiger partial charge on any atom is 0.322 e. The van der Waals surface area contributed by atoms with E-state index in [2.05, 4.69) is 21.3 Å². The fourth-order valence-electron chi connectivity index (χ4n) is 1.71. The molecule has 0 aromatic carbocycles. The minimum absolute atomic E-state index is 0.0632. The molecular formula is C15H22N4O8S2. The van der Waals surface area contributed by atoms with E-state index < -0.39 is 60.6 Å². The number of rotatable bonds is 14. The first kappa shape index (κ1) is 26.4. The van der Waals surface area contributed by atoms with Crippen LogP contribution in [0.25, 0.3) is 0 Å². The molecule has 0 aliphatic rings. The monoisotopic (exact) mass is 450 g/mol. The molecule has 0 unspecified atom stereocenters. The smallest absolute Gasteiger partial charge is 0.322 e. The number of amides is 4. The molecule has 2 atom stereocenters. The van der Waals surface area contributed by atoms with E-state index in [1.807, 2.05) is 0 Å². The molecule has 0 saturated carbocycles. The highest BCUT2D eigenvalue weighted by Gasteiger charge is 2.23. The first-order valence-electron chi connectivity index (χ1n) is 8.10. The Morgan fingerprint density at radius 3 is 1.59 bits per heavy atom. The van der Waals surface area contributed by atoms with Gasteiger partial charge < -0.3 is 26.4 Å². The number of nitrogens with one attached hydrogen (secondary N) is 4. The van der Waals surface area contributed by atoms with Gasteiger partial charge in [-0.1, -0.05) is 21.6 Å². The van der Waals surface area contributed by atoms with Crippen LogP contribution in [0.5, 0.6) is 0 Å². The molecule has 0 heterocycles. The molecule has 29 heavy (non-hydrogen) atoms. The molecule has 0 rings (SSSR count). The van der Waals surface area contributed by atoms with Crippen LogP contribution >= 0.6 is 21.6 Å². The van der Waals surface area contributed by atoms with Crippen LogP contribution in [0.2, 0.25) is 0 Å². The predicted octanol–water partition coefficient (Wildman–Crippen LogP) is -2.54. The third-order valence-electron chi connectivity index (χ3n) is 2.92. The molecule has 0 aromatic rings. The zero-order valence-corrected chi connectivity index (χ0v) is 17.3. The lowest BCUT2D eigenvalue weighted by atomic mass is 10.3. The second-order valence-electron chi connectivity index (χ2n) is 5.49. The number of Topliss-reactive ketones (excluding diaryl/α,β-unsaturated/α-hetero) is 1. The minimum atomic E-state index is -1.24. The second-order valence-corrected chi connectivity index (χ2v) is 8.04. The Kier molecular flexibility index (Phi) is 13.1. The lowest BCUT2D eigenvalue weighted by molar-refractivity contribution is -0.138. The Bertz CT molecular complexity index is 658. The molecule has 0 fully saturated rings. The molecule has 12 nitrogen and oxygen atoms in total. The molecule has 4 amide bonds. The molecule has 0 aliphatic carbocycles. The number of ketones is 1. The van der Waals surface area contributed by atoms with Gasteiger partial charge in [-0.15, -0.1) is 0 Å². The maximum absolute atomic E-state index is 12.0. The number of aldehydes is 1. The highest BCUT2D eigenvalue weighted by molar-refractivity contribution is 8.76. The number of hydrogen-bond donors (Lipinski definition) is 5. The molecule has 0 saturated heterocycles. The van der Waals surface area contributed by atoms with Gasteiger partial charge in [-0.3, -0.25) is 33.6 Å². The number of carbonyl (C=O) groups excluding carboxylic acids is 6. The van der Waals surface area contributed by atoms with Gasteiger partial charge in [0, 0.05) is 25.4 Å². The molecule has 0 aromatic heterocycles. The zero-order valence-electron chi connectivity index (χ0n) is 15.7. The zero-order chi connectivity index (χ0) is 22.4. The van der Waals surface area contributed by atoms with Crippen molar-refractivity contribution in [1.82, 2.24) is 21.3 Å². The van der Waals surface area contributed by atoms with Gasteiger partial charge in [0.15, 0.2) is 6.29 Å². The second kappa shape index (κ2) is 14.4. The van der Waals surface area contributed by atoms with Crippen LogP contribution in [-0.4, -0.2) is 83.5 Å². The Morgan fingerprint density at radius 1 is 0.828 bits per heavy atom. The fourth-order valence-corrected chi connectivity index (χ4v) is 4.04. The topological polar surface area (TPSA) is 188 Å². The molecule has 0 radical (unpaired) electrons. The Hall–Kier alpha value is -2.61. The van der Waals surface area contributed by atoms with Crippen LogP contribution in [0.15, 0.2) is 0 Å². The SMILES string of the molecule is CC(=O)N[C@@H](CSSC[C@H](NC(C)=O)C(=O)NCC(=O)C=O)C(=O)NCC(=O)O. The number of hydrogen-bond acceptors (Lipinski definition) is 9. The summed E-state index contributed by atoms with van der Waals surface area (Å²) in [5, 5.41) is 17.8. The van der Waals surface area contributed by atoms with E-state index in [-0.39, 0.29) is 17.8 Å². The number of carboxylic acid groups (broad SMARTS) is 1. The van der Waals surface area contributed by atoms with Crippen molar-refractivity contribution in [3.63, 3.8) is 0 Å². The average molecular weight is 450 g/mol. The molecule has 0 spiro atoms. The summed E-state index contributed by atoms with van der Waals surface area (Å²) in [6.45, 7) is 1.31. The lowest BCUT2D eigenvalue weighted by Crippen LogP contribution is -2.49. The van der Waals surface area contributed by atoms with Gasteiger partial charge in [0.1, 0.15) is 18.6 Å². The van der Waals surface area contributed by atoms with Crippen LogP contribution in [0.1, 0.15) is 13.8 Å². The van der Waals surface area contributed by atoms with Crippen molar-refractivity contribution < 1.29 is 38.7 Å². The summed E-state index contributed by atoms with van der Waals surface area (Å²) in [6.07, 6.45) is 0.0653. The van der Waals surface area contributed by atoms with E-state index in [0.717, 1.165) is 21.6 Å². The predicted molar refractivity (Wildman–Crippen MR) is 105 cm³/mol. The van der Waals surface area contributed by atoms with E-state index in [4.69, 9.17) is 5.11 Å². The largest absolute Gasteiger partial charge is 0.480 e. The van der Waals surface area contributed by atoms with Gasteiger partial charge in [-0.05, 0) is 0 Å². The van der Waals surface area contributed by atoms with Crippen molar-refractivity contribution in [2.75, 3.05) is 24.6 Å². The van der Waals surface area contributed by atoms with Crippen molar-refractivity contribution in [3.05, 3.63) is 0 Å². The quantitative estimate of drug-likeness (QED) is 0.0816. The molecule has 0 bridgehead atoms. The third kappa shape index (κ3) is 13.2. The van der Waals surface area contributed by atoms with Crippen molar-refractivity contribution >= 4 is 63.3 Å². The van der Waals surface area contributed by atoms with E-state index in [1.54, 1.807) is 0 Å². The number of carboxylic acids is 1. The van der Waals surface area contributed by atoms with Gasteiger partial charge >= 0.3 is 5.97 Å². The summed E-state index contributed by atoms with van der Waals surface area (Å²) < 4.78 is 0. The van der Waals surface area contributed by atoms with Gasteiger partial charge in [-0.2, -0.15) is 0 Å². The normalized spacial score (nSPS) is 12.1. The van der Waals surface area contributed by atoms with Crippen molar-refractivity contribution in [3.8, 4) is 0 Å². The van der Waals surface area contributed by atoms with Crippen LogP contribution in [0.4, 0.5) is 0 Å². The van der Waals surface area contributed by atoms with Crippen LogP contribution in [0, 0.1) is 0 Å².